The Morgan fingerprint density at radius 2 is 1.97 bits per heavy atom. The molecule has 0 aromatic heterocycles. The summed E-state index contributed by atoms with van der Waals surface area (Å²) >= 11 is 0. The summed E-state index contributed by atoms with van der Waals surface area (Å²) in [6.45, 7) is 1.01. The number of rotatable bonds is 7. The Morgan fingerprint density at radius 1 is 1.20 bits per heavy atom. The van der Waals surface area contributed by atoms with E-state index in [-0.39, 0.29) is 25.0 Å². The highest BCUT2D eigenvalue weighted by Crippen LogP contribution is 2.52. The molecular weight excluding hydrogens is 486 g/mol. The molecule has 6 rings (SSSR count). The van der Waals surface area contributed by atoms with Gasteiger partial charge in [0, 0.05) is 6.54 Å². The molecule has 3 unspecified atom stereocenters. The van der Waals surface area contributed by atoms with Gasteiger partial charge in [-0.3, -0.25) is 25.0 Å². The molecule has 14 nitrogen and oxygen atoms in total. The van der Waals surface area contributed by atoms with Gasteiger partial charge in [0.15, 0.2) is 12.1 Å². The molecule has 5 aliphatic rings. The maximum Gasteiger partial charge on any atom is 0.414 e. The molecular formula is C20H25N5O9S. The van der Waals surface area contributed by atoms with E-state index in [2.05, 4.69) is 20.5 Å². The SMILES string of the molecule is O=C(Cc1ccc(OC(=O)[C@@H]2CCCN2)cc1)NNC(=O)[C@@H]1CCC23CN1C(O2)N3OS(=O)(=O)O. The summed E-state index contributed by atoms with van der Waals surface area (Å²) in [7, 11) is -4.72. The lowest BCUT2D eigenvalue weighted by atomic mass is 9.98. The second-order valence-electron chi connectivity index (χ2n) is 8.87. The van der Waals surface area contributed by atoms with Gasteiger partial charge >= 0.3 is 16.4 Å². The minimum Gasteiger partial charge on any atom is -0.425 e. The molecule has 35 heavy (non-hydrogen) atoms. The average molecular weight is 512 g/mol. The lowest BCUT2D eigenvalue weighted by molar-refractivity contribution is -0.415. The van der Waals surface area contributed by atoms with Crippen molar-refractivity contribution in [3.63, 3.8) is 0 Å². The number of hydrogen-bond donors (Lipinski definition) is 4. The summed E-state index contributed by atoms with van der Waals surface area (Å²) in [5, 5.41) is 4.10. The second kappa shape index (κ2) is 9.09. The first kappa shape index (κ1) is 24.1. The molecule has 0 saturated carbocycles. The Hall–Kier alpha value is -2.66. The molecule has 0 radical (unpaired) electrons. The molecule has 5 saturated heterocycles. The van der Waals surface area contributed by atoms with Crippen molar-refractivity contribution in [1.29, 1.82) is 0 Å². The first-order valence-corrected chi connectivity index (χ1v) is 12.5. The van der Waals surface area contributed by atoms with Gasteiger partial charge in [-0.15, -0.1) is 4.28 Å². The van der Waals surface area contributed by atoms with E-state index < -0.39 is 40.3 Å². The van der Waals surface area contributed by atoms with Gasteiger partial charge in [0.05, 0.1) is 12.5 Å². The van der Waals surface area contributed by atoms with Crippen LogP contribution in [0.2, 0.25) is 0 Å². The molecule has 2 amide bonds. The highest BCUT2D eigenvalue weighted by molar-refractivity contribution is 7.80. The Balaban J connectivity index is 1.08. The lowest BCUT2D eigenvalue weighted by Crippen LogP contribution is -2.63. The van der Waals surface area contributed by atoms with Crippen LogP contribution >= 0.6 is 0 Å². The van der Waals surface area contributed by atoms with E-state index in [0.29, 0.717) is 24.2 Å². The largest absolute Gasteiger partial charge is 0.425 e. The molecule has 1 aromatic rings. The second-order valence-corrected chi connectivity index (χ2v) is 9.88. The van der Waals surface area contributed by atoms with Crippen molar-refractivity contribution in [2.45, 2.75) is 56.3 Å². The van der Waals surface area contributed by atoms with Crippen LogP contribution in [0.5, 0.6) is 5.75 Å². The van der Waals surface area contributed by atoms with Crippen LogP contribution in [0.15, 0.2) is 24.3 Å². The lowest BCUT2D eigenvalue weighted by Gasteiger charge is -2.45. The number of ether oxygens (including phenoxy) is 2. The van der Waals surface area contributed by atoms with Crippen LogP contribution in [-0.4, -0.2) is 78.0 Å². The number of nitrogens with one attached hydrogen (secondary N) is 3. The molecule has 0 aliphatic carbocycles. The Kier molecular flexibility index (Phi) is 6.25. The summed E-state index contributed by atoms with van der Waals surface area (Å²) in [5.74, 6) is -0.893. The normalized spacial score (nSPS) is 31.5. The zero-order valence-corrected chi connectivity index (χ0v) is 19.3. The number of carbonyl (C=O) groups is 3. The maximum atomic E-state index is 12.6. The van der Waals surface area contributed by atoms with E-state index in [0.717, 1.165) is 24.4 Å². The number of hydrazine groups is 1. The van der Waals surface area contributed by atoms with E-state index in [9.17, 15) is 22.8 Å². The van der Waals surface area contributed by atoms with Crippen LogP contribution < -0.4 is 20.9 Å². The highest BCUT2D eigenvalue weighted by atomic mass is 32.3. The quantitative estimate of drug-likeness (QED) is 0.145. The van der Waals surface area contributed by atoms with E-state index in [1.165, 1.54) is 0 Å². The average Bonchev–Trinajstić information content (AvgIpc) is 3.49. The number of carbonyl (C=O) groups excluding carboxylic acids is 3. The molecule has 5 fully saturated rings. The molecule has 3 bridgehead atoms. The van der Waals surface area contributed by atoms with Crippen molar-refractivity contribution in [1.82, 2.24) is 26.1 Å². The Labute approximate surface area is 200 Å². The monoisotopic (exact) mass is 511 g/mol. The summed E-state index contributed by atoms with van der Waals surface area (Å²) in [5.41, 5.74) is 4.39. The first-order valence-electron chi connectivity index (χ1n) is 11.2. The predicted octanol–water partition coefficient (Wildman–Crippen LogP) is -1.44. The number of amides is 2. The predicted molar refractivity (Wildman–Crippen MR) is 115 cm³/mol. The molecule has 190 valence electrons. The van der Waals surface area contributed by atoms with Gasteiger partial charge in [-0.1, -0.05) is 17.2 Å². The van der Waals surface area contributed by atoms with Crippen LogP contribution in [0, 0.1) is 0 Å². The maximum absolute atomic E-state index is 12.6. The van der Waals surface area contributed by atoms with Crippen molar-refractivity contribution < 1.29 is 41.1 Å². The molecule has 5 atom stereocenters. The molecule has 1 spiro atoms. The topological polar surface area (TPSA) is 176 Å². The number of hydroxylamine groups is 2. The summed E-state index contributed by atoms with van der Waals surface area (Å²) in [6.07, 6.45) is 1.36. The molecule has 15 heteroatoms. The fraction of sp³-hybridized carbons (Fsp3) is 0.550. The number of esters is 1. The van der Waals surface area contributed by atoms with Gasteiger partial charge in [0.25, 0.3) is 5.91 Å². The summed E-state index contributed by atoms with van der Waals surface area (Å²) in [4.78, 5) is 38.6. The third-order valence-corrected chi connectivity index (χ3v) is 6.85. The Bertz CT molecular complexity index is 1120. The highest BCUT2D eigenvalue weighted by Gasteiger charge is 2.70. The van der Waals surface area contributed by atoms with Crippen molar-refractivity contribution in [3.05, 3.63) is 29.8 Å². The van der Waals surface area contributed by atoms with Gasteiger partial charge < -0.3 is 14.8 Å². The number of nitrogens with zero attached hydrogens (tertiary/aromatic N) is 2. The minimum atomic E-state index is -4.72. The van der Waals surface area contributed by atoms with Crippen LogP contribution in [0.4, 0.5) is 0 Å². The van der Waals surface area contributed by atoms with Gasteiger partial charge in [0.2, 0.25) is 5.91 Å². The summed E-state index contributed by atoms with van der Waals surface area (Å²) in [6, 6.07) is 5.54. The molecule has 1 aromatic carbocycles. The van der Waals surface area contributed by atoms with Crippen LogP contribution in [0.1, 0.15) is 31.2 Å². The zero-order valence-electron chi connectivity index (χ0n) is 18.5. The minimum absolute atomic E-state index is 0.0160. The van der Waals surface area contributed by atoms with Gasteiger partial charge in [0.1, 0.15) is 11.8 Å². The van der Waals surface area contributed by atoms with Crippen molar-refractivity contribution in [2.75, 3.05) is 13.1 Å². The molecule has 4 N–H and O–H groups in total. The molecule has 5 aliphatic heterocycles. The van der Waals surface area contributed by atoms with Gasteiger partial charge in [-0.05, 0) is 49.9 Å². The molecule has 5 heterocycles. The zero-order chi connectivity index (χ0) is 24.8. The van der Waals surface area contributed by atoms with Gasteiger partial charge in [-0.25, -0.2) is 9.69 Å². The standard InChI is InChI=1S/C20H25N5O9S/c26-16(10-12-3-5-13(6-4-12)32-18(28)14-2-1-9-21-14)22-23-17(27)15-7-8-20-11-24(15)19(33-20)25(20)34-35(29,30)31/h3-6,14-15,19,21H,1-2,7-11H2,(H,22,26)(H,23,27)(H,29,30,31)/t14-,15-,19?,20?/m0/s1. The summed E-state index contributed by atoms with van der Waals surface area (Å²) < 4.78 is 46.6. The van der Waals surface area contributed by atoms with E-state index in [1.54, 1.807) is 29.2 Å². The third kappa shape index (κ3) is 4.88. The van der Waals surface area contributed by atoms with Crippen LogP contribution in [0.25, 0.3) is 0 Å². The number of hydrogen-bond acceptors (Lipinski definition) is 11. The third-order valence-electron chi connectivity index (χ3n) is 6.50. The van der Waals surface area contributed by atoms with Crippen molar-refractivity contribution >= 4 is 28.2 Å². The van der Waals surface area contributed by atoms with Crippen molar-refractivity contribution in [2.24, 2.45) is 0 Å². The van der Waals surface area contributed by atoms with E-state index in [1.807, 2.05) is 0 Å². The number of benzene rings is 1. The van der Waals surface area contributed by atoms with Crippen LogP contribution in [0.3, 0.4) is 0 Å². The first-order chi connectivity index (χ1) is 16.6. The smallest absolute Gasteiger partial charge is 0.414 e. The fourth-order valence-corrected chi connectivity index (χ4v) is 5.25. The number of piperidine rings is 1. The van der Waals surface area contributed by atoms with Crippen molar-refractivity contribution in [3.8, 4) is 5.75 Å². The van der Waals surface area contributed by atoms with Crippen LogP contribution in [-0.2, 0) is 40.2 Å². The Morgan fingerprint density at radius 3 is 2.66 bits per heavy atom. The fourth-order valence-electron chi connectivity index (χ4n) is 4.84. The van der Waals surface area contributed by atoms with Gasteiger partial charge in [-0.2, -0.15) is 8.42 Å². The van der Waals surface area contributed by atoms with E-state index in [4.69, 9.17) is 14.0 Å². The van der Waals surface area contributed by atoms with E-state index >= 15 is 0 Å².